The minimum absolute atomic E-state index is 0.132. The summed E-state index contributed by atoms with van der Waals surface area (Å²) in [5.41, 5.74) is 2.07. The van der Waals surface area contributed by atoms with Gasteiger partial charge < -0.3 is 10.3 Å². The number of hydroxylamine groups is 1. The van der Waals surface area contributed by atoms with Crippen LogP contribution < -0.4 is 5.06 Å². The number of rotatable bonds is 2. The lowest BCUT2D eigenvalue weighted by Crippen LogP contribution is -2.98. The Kier molecular flexibility index (Phi) is 2.63. The summed E-state index contributed by atoms with van der Waals surface area (Å²) in [6, 6.07) is 7.75. The molecule has 0 aliphatic heterocycles. The quantitative estimate of drug-likeness (QED) is 0.624. The minimum Gasteiger partial charge on any atom is -0.629 e. The molecule has 0 heterocycles. The predicted octanol–water partition coefficient (Wildman–Crippen LogP) is 0.893. The second kappa shape index (κ2) is 3.51. The van der Waals surface area contributed by atoms with E-state index in [9.17, 15) is 5.21 Å². The van der Waals surface area contributed by atoms with E-state index in [1.807, 2.05) is 24.3 Å². The first-order chi connectivity index (χ1) is 5.24. The molecule has 1 rings (SSSR count). The van der Waals surface area contributed by atoms with Gasteiger partial charge in [0.2, 0.25) is 0 Å². The van der Waals surface area contributed by atoms with E-state index in [1.54, 1.807) is 7.05 Å². The molecule has 0 saturated heterocycles. The summed E-state index contributed by atoms with van der Waals surface area (Å²) in [6.07, 6.45) is 1.03. The van der Waals surface area contributed by atoms with E-state index in [-0.39, 0.29) is 5.06 Å². The van der Waals surface area contributed by atoms with Crippen LogP contribution in [-0.2, 0) is 6.42 Å². The number of benzene rings is 1. The highest BCUT2D eigenvalue weighted by Gasteiger charge is 1.94. The molecule has 1 aromatic rings. The van der Waals surface area contributed by atoms with Gasteiger partial charge >= 0.3 is 0 Å². The second-order valence-corrected chi connectivity index (χ2v) is 2.61. The molecule has 0 aliphatic carbocycles. The average molecular weight is 151 g/mol. The van der Waals surface area contributed by atoms with E-state index in [1.165, 1.54) is 5.56 Å². The number of quaternary nitrogens is 1. The zero-order chi connectivity index (χ0) is 8.27. The molecule has 2 nitrogen and oxygen atoms in total. The number of hydrogen-bond acceptors (Lipinski definition) is 1. The molecule has 1 atom stereocenters. The van der Waals surface area contributed by atoms with Crippen molar-refractivity contribution in [3.8, 4) is 0 Å². The fourth-order valence-corrected chi connectivity index (χ4v) is 0.975. The Morgan fingerprint density at radius 1 is 1.27 bits per heavy atom. The zero-order valence-electron chi connectivity index (χ0n) is 6.92. The highest BCUT2D eigenvalue weighted by molar-refractivity contribution is 5.32. The summed E-state index contributed by atoms with van der Waals surface area (Å²) >= 11 is 0. The summed E-state index contributed by atoms with van der Waals surface area (Å²) < 4.78 is 0. The van der Waals surface area contributed by atoms with Crippen molar-refractivity contribution in [3.63, 3.8) is 0 Å². The highest BCUT2D eigenvalue weighted by atomic mass is 16.5. The first-order valence-electron chi connectivity index (χ1n) is 3.84. The molecule has 0 amide bonds. The van der Waals surface area contributed by atoms with Gasteiger partial charge in [0.15, 0.2) is 0 Å². The van der Waals surface area contributed by atoms with Crippen molar-refractivity contribution < 1.29 is 5.06 Å². The third kappa shape index (κ3) is 2.03. The van der Waals surface area contributed by atoms with E-state index in [2.05, 4.69) is 6.92 Å². The lowest BCUT2D eigenvalue weighted by molar-refractivity contribution is -0.751. The molecule has 0 bridgehead atoms. The summed E-state index contributed by atoms with van der Waals surface area (Å²) in [5, 5.41) is 11.0. The van der Waals surface area contributed by atoms with Gasteiger partial charge in [0.25, 0.3) is 0 Å². The molecule has 1 unspecified atom stereocenters. The molecule has 11 heavy (non-hydrogen) atoms. The van der Waals surface area contributed by atoms with Crippen LogP contribution in [0.15, 0.2) is 24.3 Å². The van der Waals surface area contributed by atoms with Gasteiger partial charge in [0.05, 0.1) is 7.05 Å². The third-order valence-corrected chi connectivity index (χ3v) is 1.77. The molecule has 0 spiro atoms. The number of hydrogen-bond donors (Lipinski definition) is 1. The van der Waals surface area contributed by atoms with E-state index < -0.39 is 0 Å². The summed E-state index contributed by atoms with van der Waals surface area (Å²) in [7, 11) is 1.58. The summed E-state index contributed by atoms with van der Waals surface area (Å²) in [6.45, 7) is 2.10. The molecule has 2 heteroatoms. The van der Waals surface area contributed by atoms with Crippen molar-refractivity contribution in [2.75, 3.05) is 7.05 Å². The van der Waals surface area contributed by atoms with Crippen LogP contribution in [0.1, 0.15) is 12.5 Å². The Labute approximate surface area is 67.0 Å². The van der Waals surface area contributed by atoms with E-state index in [4.69, 9.17) is 0 Å². The van der Waals surface area contributed by atoms with Crippen LogP contribution in [0.4, 0.5) is 5.69 Å². The molecule has 1 N–H and O–H groups in total. The van der Waals surface area contributed by atoms with Gasteiger partial charge in [-0.15, -0.1) is 0 Å². The zero-order valence-corrected chi connectivity index (χ0v) is 6.92. The molecular formula is C9H13NO. The molecule has 60 valence electrons. The maximum atomic E-state index is 10.8. The van der Waals surface area contributed by atoms with Crippen LogP contribution in [0, 0.1) is 5.21 Å². The predicted molar refractivity (Wildman–Crippen MR) is 45.7 cm³/mol. The Morgan fingerprint density at radius 2 is 1.82 bits per heavy atom. The van der Waals surface area contributed by atoms with Crippen molar-refractivity contribution in [1.82, 2.24) is 0 Å². The highest BCUT2D eigenvalue weighted by Crippen LogP contribution is 2.04. The molecule has 0 aliphatic rings. The van der Waals surface area contributed by atoms with Gasteiger partial charge in [-0.3, -0.25) is 0 Å². The Hall–Kier alpha value is -0.860. The first kappa shape index (κ1) is 8.24. The monoisotopic (exact) mass is 151 g/mol. The number of nitrogens with one attached hydrogen (secondary N) is 1. The minimum atomic E-state index is 0.132. The molecule has 0 fully saturated rings. The third-order valence-electron chi connectivity index (χ3n) is 1.77. The average Bonchev–Trinajstić information content (AvgIpc) is 2.05. The second-order valence-electron chi connectivity index (χ2n) is 2.61. The lowest BCUT2D eigenvalue weighted by Gasteiger charge is -2.15. The first-order valence-corrected chi connectivity index (χ1v) is 3.84. The maximum Gasteiger partial charge on any atom is 0.130 e. The lowest BCUT2D eigenvalue weighted by atomic mass is 10.1. The molecule has 0 aromatic heterocycles. The van der Waals surface area contributed by atoms with Gasteiger partial charge in [0.1, 0.15) is 5.69 Å². The molecular weight excluding hydrogens is 138 g/mol. The maximum absolute atomic E-state index is 10.8. The van der Waals surface area contributed by atoms with Crippen LogP contribution >= 0.6 is 0 Å². The van der Waals surface area contributed by atoms with Gasteiger partial charge in [0, 0.05) is 0 Å². The van der Waals surface area contributed by atoms with E-state index in [0.29, 0.717) is 0 Å². The van der Waals surface area contributed by atoms with Crippen LogP contribution in [0.3, 0.4) is 0 Å². The fourth-order valence-electron chi connectivity index (χ4n) is 0.975. The van der Waals surface area contributed by atoms with Gasteiger partial charge in [-0.2, -0.15) is 0 Å². The summed E-state index contributed by atoms with van der Waals surface area (Å²) in [4.78, 5) is 0. The molecule has 1 aromatic carbocycles. The van der Waals surface area contributed by atoms with Crippen molar-refractivity contribution in [3.05, 3.63) is 35.0 Å². The van der Waals surface area contributed by atoms with Crippen LogP contribution in [0.5, 0.6) is 0 Å². The van der Waals surface area contributed by atoms with Crippen LogP contribution in [0.25, 0.3) is 0 Å². The Balaban J connectivity index is 2.83. The van der Waals surface area contributed by atoms with Gasteiger partial charge in [-0.05, 0) is 24.1 Å². The standard InChI is InChI=1S/C9H13NO/c1-3-8-4-6-9(7-5-8)10(2)11/h4-7,10H,3H2,1-2H3. The Bertz CT molecular complexity index is 216. The number of aryl methyl sites for hydroxylation is 1. The van der Waals surface area contributed by atoms with Gasteiger partial charge in [-0.1, -0.05) is 19.1 Å². The van der Waals surface area contributed by atoms with Gasteiger partial charge in [-0.25, -0.2) is 0 Å². The van der Waals surface area contributed by atoms with Crippen molar-refractivity contribution >= 4 is 5.69 Å². The Morgan fingerprint density at radius 3 is 2.18 bits per heavy atom. The van der Waals surface area contributed by atoms with Crippen molar-refractivity contribution in [2.24, 2.45) is 0 Å². The topological polar surface area (TPSA) is 27.5 Å². The normalized spacial score (nSPS) is 13.0. The largest absolute Gasteiger partial charge is 0.629 e. The van der Waals surface area contributed by atoms with E-state index in [0.717, 1.165) is 12.1 Å². The summed E-state index contributed by atoms with van der Waals surface area (Å²) in [5.74, 6) is 0. The van der Waals surface area contributed by atoms with E-state index >= 15 is 0 Å². The van der Waals surface area contributed by atoms with Crippen molar-refractivity contribution in [1.29, 1.82) is 0 Å². The van der Waals surface area contributed by atoms with Crippen molar-refractivity contribution in [2.45, 2.75) is 13.3 Å². The SMILES string of the molecule is CCc1ccc([NH+](C)[O-])cc1. The molecule has 0 saturated carbocycles. The fraction of sp³-hybridized carbons (Fsp3) is 0.333. The molecule has 0 radical (unpaired) electrons. The van der Waals surface area contributed by atoms with Crippen LogP contribution in [0.2, 0.25) is 0 Å². The smallest absolute Gasteiger partial charge is 0.130 e. The van der Waals surface area contributed by atoms with Crippen LogP contribution in [-0.4, -0.2) is 7.05 Å².